The first-order valence-corrected chi connectivity index (χ1v) is 12.4. The Hall–Kier alpha value is -2.21. The molecule has 0 aliphatic rings. The SMILES string of the molecule is CCCCCCCCCCCCc1ccc(S(=O)(=O)Oc2ccc(O)cc2N)cc1. The average molecular weight is 434 g/mol. The van der Waals surface area contributed by atoms with Gasteiger partial charge in [0, 0.05) is 6.07 Å². The quantitative estimate of drug-likeness (QED) is 0.210. The Balaban J connectivity index is 1.72. The van der Waals surface area contributed by atoms with Crippen LogP contribution in [0.25, 0.3) is 0 Å². The molecule has 0 atom stereocenters. The second kappa shape index (κ2) is 12.5. The number of anilines is 1. The summed E-state index contributed by atoms with van der Waals surface area (Å²) in [7, 11) is -3.97. The Morgan fingerprint density at radius 3 is 1.97 bits per heavy atom. The number of benzene rings is 2. The van der Waals surface area contributed by atoms with Gasteiger partial charge < -0.3 is 15.0 Å². The van der Waals surface area contributed by atoms with Crippen molar-refractivity contribution in [3.63, 3.8) is 0 Å². The normalized spacial score (nSPS) is 11.5. The fourth-order valence-corrected chi connectivity index (χ4v) is 4.37. The Kier molecular flexibility index (Phi) is 10.0. The van der Waals surface area contributed by atoms with Gasteiger partial charge in [0.25, 0.3) is 0 Å². The third kappa shape index (κ3) is 8.27. The molecule has 3 N–H and O–H groups in total. The van der Waals surface area contributed by atoms with Crippen molar-refractivity contribution in [3.05, 3.63) is 48.0 Å². The van der Waals surface area contributed by atoms with Crippen LogP contribution in [-0.4, -0.2) is 13.5 Å². The molecule has 2 rings (SSSR count). The number of unbranched alkanes of at least 4 members (excludes halogenated alkanes) is 9. The van der Waals surface area contributed by atoms with Gasteiger partial charge in [-0.3, -0.25) is 0 Å². The molecule has 0 bridgehead atoms. The van der Waals surface area contributed by atoms with Crippen molar-refractivity contribution in [1.82, 2.24) is 0 Å². The van der Waals surface area contributed by atoms with E-state index in [0.29, 0.717) is 0 Å². The number of nitrogens with two attached hydrogens (primary N) is 1. The van der Waals surface area contributed by atoms with Crippen molar-refractivity contribution in [1.29, 1.82) is 0 Å². The minimum absolute atomic E-state index is 0.00207. The lowest BCUT2D eigenvalue weighted by Crippen LogP contribution is -2.11. The summed E-state index contributed by atoms with van der Waals surface area (Å²) in [5.41, 5.74) is 6.90. The topological polar surface area (TPSA) is 89.6 Å². The number of aryl methyl sites for hydroxylation is 1. The van der Waals surface area contributed by atoms with Gasteiger partial charge in [-0.2, -0.15) is 8.42 Å². The first-order chi connectivity index (χ1) is 14.4. The van der Waals surface area contributed by atoms with E-state index in [1.54, 1.807) is 12.1 Å². The molecule has 30 heavy (non-hydrogen) atoms. The highest BCUT2D eigenvalue weighted by atomic mass is 32.2. The summed E-state index contributed by atoms with van der Waals surface area (Å²) in [6, 6.07) is 10.7. The molecule has 0 aliphatic carbocycles. The fraction of sp³-hybridized carbons (Fsp3) is 0.500. The van der Waals surface area contributed by atoms with Crippen molar-refractivity contribution in [2.24, 2.45) is 0 Å². The summed E-state index contributed by atoms with van der Waals surface area (Å²) >= 11 is 0. The lowest BCUT2D eigenvalue weighted by molar-refractivity contribution is 0.469. The monoisotopic (exact) mass is 433 g/mol. The highest BCUT2D eigenvalue weighted by Gasteiger charge is 2.18. The zero-order valence-corrected chi connectivity index (χ0v) is 18.8. The number of hydrogen-bond acceptors (Lipinski definition) is 5. The second-order valence-corrected chi connectivity index (χ2v) is 9.38. The van der Waals surface area contributed by atoms with E-state index in [4.69, 9.17) is 9.92 Å². The highest BCUT2D eigenvalue weighted by molar-refractivity contribution is 7.87. The minimum Gasteiger partial charge on any atom is -0.508 e. The van der Waals surface area contributed by atoms with Gasteiger partial charge in [0.1, 0.15) is 10.6 Å². The zero-order valence-electron chi connectivity index (χ0n) is 18.0. The van der Waals surface area contributed by atoms with Crippen molar-refractivity contribution in [2.45, 2.75) is 82.4 Å². The maximum Gasteiger partial charge on any atom is 0.339 e. The van der Waals surface area contributed by atoms with E-state index in [1.807, 2.05) is 12.1 Å². The molecular formula is C24H35NO4S. The molecule has 0 spiro atoms. The molecule has 166 valence electrons. The second-order valence-electron chi connectivity index (χ2n) is 7.84. The van der Waals surface area contributed by atoms with E-state index >= 15 is 0 Å². The Morgan fingerprint density at radius 2 is 1.40 bits per heavy atom. The third-order valence-corrected chi connectivity index (χ3v) is 6.47. The van der Waals surface area contributed by atoms with Gasteiger partial charge in [0.05, 0.1) is 5.69 Å². The Bertz CT molecular complexity index is 863. The van der Waals surface area contributed by atoms with Crippen LogP contribution in [0.2, 0.25) is 0 Å². The van der Waals surface area contributed by atoms with Crippen LogP contribution < -0.4 is 9.92 Å². The Morgan fingerprint density at radius 1 is 0.833 bits per heavy atom. The van der Waals surface area contributed by atoms with Gasteiger partial charge in [-0.25, -0.2) is 0 Å². The molecule has 6 heteroatoms. The van der Waals surface area contributed by atoms with Crippen molar-refractivity contribution in [3.8, 4) is 11.5 Å². The molecule has 0 aliphatic heterocycles. The van der Waals surface area contributed by atoms with Gasteiger partial charge >= 0.3 is 10.1 Å². The van der Waals surface area contributed by atoms with Crippen LogP contribution >= 0.6 is 0 Å². The van der Waals surface area contributed by atoms with Crippen molar-refractivity contribution < 1.29 is 17.7 Å². The molecule has 0 saturated heterocycles. The summed E-state index contributed by atoms with van der Waals surface area (Å²) in [6.45, 7) is 2.24. The van der Waals surface area contributed by atoms with Gasteiger partial charge in [-0.15, -0.1) is 0 Å². The van der Waals surface area contributed by atoms with E-state index in [0.717, 1.165) is 18.4 Å². The van der Waals surface area contributed by atoms with Crippen LogP contribution in [0.4, 0.5) is 5.69 Å². The number of rotatable bonds is 14. The fourth-order valence-electron chi connectivity index (χ4n) is 3.42. The number of nitrogen functional groups attached to an aromatic ring is 1. The van der Waals surface area contributed by atoms with Crippen LogP contribution in [0.3, 0.4) is 0 Å². The van der Waals surface area contributed by atoms with E-state index in [9.17, 15) is 13.5 Å². The molecular weight excluding hydrogens is 398 g/mol. The lowest BCUT2D eigenvalue weighted by atomic mass is 10.0. The van der Waals surface area contributed by atoms with Crippen LogP contribution in [0.1, 0.15) is 76.7 Å². The van der Waals surface area contributed by atoms with E-state index in [1.165, 1.54) is 76.0 Å². The molecule has 2 aromatic rings. The number of phenols is 1. The molecule has 0 saturated carbocycles. The molecule has 0 aromatic heterocycles. The lowest BCUT2D eigenvalue weighted by Gasteiger charge is -2.10. The highest BCUT2D eigenvalue weighted by Crippen LogP contribution is 2.28. The van der Waals surface area contributed by atoms with Gasteiger partial charge in [0.15, 0.2) is 5.75 Å². The van der Waals surface area contributed by atoms with Gasteiger partial charge in [-0.05, 0) is 42.7 Å². The number of phenolic OH excluding ortho intramolecular Hbond substituents is 1. The molecule has 5 nitrogen and oxygen atoms in total. The predicted octanol–water partition coefficient (Wildman–Crippen LogP) is 6.21. The summed E-state index contributed by atoms with van der Waals surface area (Å²) < 4.78 is 30.0. The van der Waals surface area contributed by atoms with E-state index in [2.05, 4.69) is 6.92 Å². The number of aromatic hydroxyl groups is 1. The van der Waals surface area contributed by atoms with Crippen LogP contribution in [0.5, 0.6) is 11.5 Å². The summed E-state index contributed by atoms with van der Waals surface area (Å²) in [6.07, 6.45) is 13.9. The first kappa shape index (κ1) is 24.1. The molecule has 0 radical (unpaired) electrons. The standard InChI is InChI=1S/C24H35NO4S/c1-2-3-4-5-6-7-8-9-10-11-12-20-13-16-22(17-14-20)30(27,28)29-24-18-15-21(26)19-23(24)25/h13-19,26H,2-12,25H2,1H3. The maximum atomic E-state index is 12.5. The van der Waals surface area contributed by atoms with E-state index in [-0.39, 0.29) is 22.1 Å². The summed E-state index contributed by atoms with van der Waals surface area (Å²) in [5.74, 6) is -0.0455. The van der Waals surface area contributed by atoms with Gasteiger partial charge in [0.2, 0.25) is 0 Å². The Labute approximate surface area is 181 Å². The molecule has 0 unspecified atom stereocenters. The van der Waals surface area contributed by atoms with Crippen molar-refractivity contribution in [2.75, 3.05) is 5.73 Å². The minimum atomic E-state index is -3.97. The first-order valence-electron chi connectivity index (χ1n) is 11.0. The molecule has 0 fully saturated rings. The smallest absolute Gasteiger partial charge is 0.339 e. The number of hydrogen-bond donors (Lipinski definition) is 2. The third-order valence-electron chi connectivity index (χ3n) is 5.22. The molecule has 0 heterocycles. The summed E-state index contributed by atoms with van der Waals surface area (Å²) in [5, 5.41) is 9.37. The maximum absolute atomic E-state index is 12.5. The van der Waals surface area contributed by atoms with Gasteiger partial charge in [-0.1, -0.05) is 76.8 Å². The predicted molar refractivity (Wildman–Crippen MR) is 122 cm³/mol. The summed E-state index contributed by atoms with van der Waals surface area (Å²) in [4.78, 5) is 0.0850. The largest absolute Gasteiger partial charge is 0.508 e. The van der Waals surface area contributed by atoms with E-state index < -0.39 is 10.1 Å². The van der Waals surface area contributed by atoms with Crippen LogP contribution in [0, 0.1) is 0 Å². The molecule has 0 amide bonds. The van der Waals surface area contributed by atoms with Crippen molar-refractivity contribution >= 4 is 15.8 Å². The van der Waals surface area contributed by atoms with Crippen LogP contribution in [-0.2, 0) is 16.5 Å². The molecule has 2 aromatic carbocycles. The zero-order chi connectivity index (χ0) is 21.8. The average Bonchev–Trinajstić information content (AvgIpc) is 2.72. The van der Waals surface area contributed by atoms with Crippen LogP contribution in [0.15, 0.2) is 47.4 Å².